The maximum Gasteiger partial charge on any atom is 0.193 e. The van der Waals surface area contributed by atoms with E-state index in [1.165, 1.54) is 0 Å². The van der Waals surface area contributed by atoms with E-state index in [1.807, 2.05) is 0 Å². The maximum atomic E-state index is 13.2. The molecule has 5 aliphatic rings. The Morgan fingerprint density at radius 3 is 2.74 bits per heavy atom. The molecule has 6 nitrogen and oxygen atoms in total. The minimum absolute atomic E-state index is 0.0331. The van der Waals surface area contributed by atoms with Gasteiger partial charge >= 0.3 is 0 Å². The molecule has 4 fully saturated rings. The number of carbonyl (C=O) groups excluding carboxylic acids is 2. The lowest BCUT2D eigenvalue weighted by atomic mass is 9.45. The van der Waals surface area contributed by atoms with Crippen LogP contribution in [-0.2, 0) is 19.1 Å². The Morgan fingerprint density at radius 2 is 2.03 bits per heavy atom. The van der Waals surface area contributed by atoms with Gasteiger partial charge < -0.3 is 19.7 Å². The summed E-state index contributed by atoms with van der Waals surface area (Å²) < 4.78 is 12.7. The molecule has 1 saturated heterocycles. The molecule has 0 amide bonds. The third kappa shape index (κ3) is 2.65. The fourth-order valence-corrected chi connectivity index (χ4v) is 8.41. The average molecular weight is 433 g/mol. The average Bonchev–Trinajstić information content (AvgIpc) is 3.21. The molecule has 1 unspecified atom stereocenters. The summed E-state index contributed by atoms with van der Waals surface area (Å²) in [4.78, 5) is 25.3. The van der Waals surface area contributed by atoms with Gasteiger partial charge in [0.05, 0.1) is 12.2 Å². The van der Waals surface area contributed by atoms with Crippen molar-refractivity contribution in [3.63, 3.8) is 0 Å². The Kier molecular flexibility index (Phi) is 5.06. The van der Waals surface area contributed by atoms with Gasteiger partial charge in [-0.2, -0.15) is 0 Å². The summed E-state index contributed by atoms with van der Waals surface area (Å²) in [7, 11) is 0. The molecular weight excluding hydrogens is 396 g/mol. The molecular formula is C25H36O6. The van der Waals surface area contributed by atoms with Crippen LogP contribution < -0.4 is 0 Å². The van der Waals surface area contributed by atoms with Crippen LogP contribution in [0.15, 0.2) is 11.6 Å². The third-order valence-corrected chi connectivity index (χ3v) is 9.94. The highest BCUT2D eigenvalue weighted by Crippen LogP contribution is 2.70. The van der Waals surface area contributed by atoms with E-state index in [9.17, 15) is 19.8 Å². The van der Waals surface area contributed by atoms with Crippen LogP contribution in [0.5, 0.6) is 0 Å². The van der Waals surface area contributed by atoms with Crippen molar-refractivity contribution < 1.29 is 29.3 Å². The topological polar surface area (TPSA) is 93.1 Å². The van der Waals surface area contributed by atoms with E-state index in [4.69, 9.17) is 9.47 Å². The zero-order chi connectivity index (χ0) is 22.2. The first kappa shape index (κ1) is 21.7. The molecule has 1 heterocycles. The van der Waals surface area contributed by atoms with Crippen molar-refractivity contribution in [2.75, 3.05) is 6.61 Å². The van der Waals surface area contributed by atoms with Gasteiger partial charge in [0.2, 0.25) is 0 Å². The molecule has 0 spiro atoms. The van der Waals surface area contributed by atoms with E-state index in [0.29, 0.717) is 5.92 Å². The number of rotatable bonds is 4. The number of ketones is 2. The second kappa shape index (κ2) is 7.21. The Balaban J connectivity index is 1.52. The Hall–Kier alpha value is -1.08. The van der Waals surface area contributed by atoms with Gasteiger partial charge in [-0.1, -0.05) is 32.8 Å². The fourth-order valence-electron chi connectivity index (χ4n) is 8.41. The van der Waals surface area contributed by atoms with Gasteiger partial charge in [-0.25, -0.2) is 0 Å². The van der Waals surface area contributed by atoms with Crippen molar-refractivity contribution in [2.24, 2.45) is 28.6 Å². The van der Waals surface area contributed by atoms with Gasteiger partial charge in [0, 0.05) is 17.3 Å². The Bertz CT molecular complexity index is 821. The van der Waals surface area contributed by atoms with Crippen LogP contribution in [0.25, 0.3) is 0 Å². The van der Waals surface area contributed by atoms with Crippen LogP contribution >= 0.6 is 0 Å². The number of aliphatic hydroxyl groups excluding tert-OH is 2. The van der Waals surface area contributed by atoms with Gasteiger partial charge in [-0.05, 0) is 62.4 Å². The van der Waals surface area contributed by atoms with Crippen LogP contribution in [-0.4, -0.2) is 52.5 Å². The van der Waals surface area contributed by atoms with Crippen LogP contribution in [0, 0.1) is 28.6 Å². The van der Waals surface area contributed by atoms with E-state index in [2.05, 4.69) is 20.8 Å². The van der Waals surface area contributed by atoms with Crippen LogP contribution in [0.2, 0.25) is 0 Å². The number of hydrogen-bond acceptors (Lipinski definition) is 6. The van der Waals surface area contributed by atoms with Crippen molar-refractivity contribution >= 4 is 11.6 Å². The zero-order valence-electron chi connectivity index (χ0n) is 18.9. The number of carbonyl (C=O) groups is 2. The molecule has 4 aliphatic carbocycles. The number of aliphatic hydroxyl groups is 2. The molecule has 172 valence electrons. The zero-order valence-corrected chi connectivity index (χ0v) is 18.9. The van der Waals surface area contributed by atoms with Crippen molar-refractivity contribution in [2.45, 2.75) is 96.2 Å². The summed E-state index contributed by atoms with van der Waals surface area (Å²) in [5.74, 6) is 0.642. The monoisotopic (exact) mass is 432 g/mol. The van der Waals surface area contributed by atoms with E-state index < -0.39 is 23.7 Å². The quantitative estimate of drug-likeness (QED) is 0.710. The lowest BCUT2D eigenvalue weighted by molar-refractivity contribution is -0.190. The highest BCUT2D eigenvalue weighted by Gasteiger charge is 2.74. The minimum Gasteiger partial charge on any atom is -0.392 e. The standard InChI is InChI=1S/C25H36O6/c1-4-5-22-30-21-12-18-16-7-6-14-10-15(27)11-19(28)24(14,3)17(16)8-9-23(18,2)25(21,31-22)20(29)13-26/h10,16-19,21-22,26,28H,4-9,11-13H2,1-3H3/t16-,17+,18+,19-,21-,22?,23+,24+,25-/m1/s1. The number of ether oxygens (including phenoxy) is 2. The number of Topliss-reactive ketones (excluding diaryl/α,β-unsaturated/α-hetero) is 1. The van der Waals surface area contributed by atoms with Gasteiger partial charge in [-0.15, -0.1) is 0 Å². The summed E-state index contributed by atoms with van der Waals surface area (Å²) in [6, 6.07) is 0. The Morgan fingerprint density at radius 1 is 1.26 bits per heavy atom. The van der Waals surface area contributed by atoms with E-state index in [0.717, 1.165) is 50.5 Å². The van der Waals surface area contributed by atoms with Crippen LogP contribution in [0.3, 0.4) is 0 Å². The minimum atomic E-state index is -1.07. The summed E-state index contributed by atoms with van der Waals surface area (Å²) in [6.45, 7) is 5.86. The molecule has 1 aliphatic heterocycles. The van der Waals surface area contributed by atoms with Gasteiger partial charge in [-0.3, -0.25) is 9.59 Å². The third-order valence-electron chi connectivity index (χ3n) is 9.94. The van der Waals surface area contributed by atoms with Gasteiger partial charge in [0.1, 0.15) is 6.61 Å². The van der Waals surface area contributed by atoms with E-state index in [-0.39, 0.29) is 47.6 Å². The first-order chi connectivity index (χ1) is 14.7. The van der Waals surface area contributed by atoms with E-state index in [1.54, 1.807) is 6.08 Å². The molecule has 0 radical (unpaired) electrons. The molecule has 6 heteroatoms. The predicted octanol–water partition coefficient (Wildman–Crippen LogP) is 2.94. The summed E-state index contributed by atoms with van der Waals surface area (Å²) in [5.41, 5.74) is -0.740. The predicted molar refractivity (Wildman–Crippen MR) is 113 cm³/mol. The number of fused-ring (bicyclic) bond motifs is 7. The SMILES string of the molecule is CCCC1O[C@@H]2C[C@H]3[C@@H]4CCC5=CC(=O)C[C@@H](O)[C@]5(C)[C@H]4CC[C@]3(C)[C@]2(C(=O)CO)O1. The van der Waals surface area contributed by atoms with Crippen molar-refractivity contribution in [3.05, 3.63) is 11.6 Å². The number of hydrogen-bond donors (Lipinski definition) is 2. The molecule has 0 aromatic rings. The van der Waals surface area contributed by atoms with Gasteiger partial charge in [0.25, 0.3) is 0 Å². The summed E-state index contributed by atoms with van der Waals surface area (Å²) in [6.07, 6.45) is 6.51. The molecule has 9 atom stereocenters. The lowest BCUT2D eigenvalue weighted by Gasteiger charge is -2.60. The maximum absolute atomic E-state index is 13.2. The molecule has 2 N–H and O–H groups in total. The fraction of sp³-hybridized carbons (Fsp3) is 0.840. The lowest BCUT2D eigenvalue weighted by Crippen LogP contribution is -2.61. The van der Waals surface area contributed by atoms with Crippen molar-refractivity contribution in [1.82, 2.24) is 0 Å². The van der Waals surface area contributed by atoms with Gasteiger partial charge in [0.15, 0.2) is 23.5 Å². The van der Waals surface area contributed by atoms with Crippen LogP contribution in [0.4, 0.5) is 0 Å². The molecule has 31 heavy (non-hydrogen) atoms. The second-order valence-corrected chi connectivity index (χ2v) is 11.0. The summed E-state index contributed by atoms with van der Waals surface area (Å²) in [5, 5.41) is 20.9. The largest absolute Gasteiger partial charge is 0.392 e. The normalized spacial score (nSPS) is 50.9. The summed E-state index contributed by atoms with van der Waals surface area (Å²) >= 11 is 0. The molecule has 5 rings (SSSR count). The van der Waals surface area contributed by atoms with E-state index >= 15 is 0 Å². The molecule has 0 bridgehead atoms. The highest BCUT2D eigenvalue weighted by molar-refractivity contribution is 5.92. The van der Waals surface area contributed by atoms with Crippen LogP contribution in [0.1, 0.15) is 72.1 Å². The van der Waals surface area contributed by atoms with Crippen molar-refractivity contribution in [1.29, 1.82) is 0 Å². The molecule has 0 aromatic heterocycles. The first-order valence-electron chi connectivity index (χ1n) is 12.1. The second-order valence-electron chi connectivity index (χ2n) is 11.0. The first-order valence-corrected chi connectivity index (χ1v) is 12.1. The molecule has 0 aromatic carbocycles. The highest BCUT2D eigenvalue weighted by atomic mass is 16.7. The smallest absolute Gasteiger partial charge is 0.193 e. The van der Waals surface area contributed by atoms with Crippen molar-refractivity contribution in [3.8, 4) is 0 Å². The molecule has 3 saturated carbocycles. The Labute approximate surface area is 184 Å².